The van der Waals surface area contributed by atoms with Crippen LogP contribution in [0.5, 0.6) is 5.75 Å². The first-order valence-corrected chi connectivity index (χ1v) is 6.30. The van der Waals surface area contributed by atoms with Gasteiger partial charge in [0.25, 0.3) is 0 Å². The first kappa shape index (κ1) is 12.6. The van der Waals surface area contributed by atoms with Crippen LogP contribution >= 0.6 is 0 Å². The Morgan fingerprint density at radius 3 is 2.72 bits per heavy atom. The number of aromatic amines is 1. The van der Waals surface area contributed by atoms with E-state index in [9.17, 15) is 0 Å². The predicted molar refractivity (Wildman–Crippen MR) is 72.6 cm³/mol. The standard InChI is InChI=1S/C14H19N3O/c1-2-9-18-12-5-3-11(4-6-12)13-10-16-14(17-13)7-8-15/h3-6,10H,2,7-9,15H2,1H3,(H,16,17). The average molecular weight is 245 g/mol. The average Bonchev–Trinajstić information content (AvgIpc) is 2.86. The minimum Gasteiger partial charge on any atom is -0.494 e. The van der Waals surface area contributed by atoms with Crippen molar-refractivity contribution in [1.29, 1.82) is 0 Å². The van der Waals surface area contributed by atoms with Crippen molar-refractivity contribution < 1.29 is 4.74 Å². The quantitative estimate of drug-likeness (QED) is 0.821. The third-order valence-corrected chi connectivity index (χ3v) is 2.65. The molecule has 1 aromatic heterocycles. The molecule has 0 unspecified atom stereocenters. The topological polar surface area (TPSA) is 63.9 Å². The summed E-state index contributed by atoms with van der Waals surface area (Å²) < 4.78 is 5.55. The number of benzene rings is 1. The van der Waals surface area contributed by atoms with Gasteiger partial charge >= 0.3 is 0 Å². The summed E-state index contributed by atoms with van der Waals surface area (Å²) in [6.45, 7) is 3.46. The van der Waals surface area contributed by atoms with Gasteiger partial charge in [-0.2, -0.15) is 0 Å². The molecule has 0 amide bonds. The third kappa shape index (κ3) is 3.11. The highest BCUT2D eigenvalue weighted by molar-refractivity contribution is 5.59. The molecule has 0 saturated heterocycles. The molecule has 0 bridgehead atoms. The highest BCUT2D eigenvalue weighted by Gasteiger charge is 2.03. The Morgan fingerprint density at radius 1 is 1.28 bits per heavy atom. The summed E-state index contributed by atoms with van der Waals surface area (Å²) >= 11 is 0. The van der Waals surface area contributed by atoms with E-state index in [1.54, 1.807) is 0 Å². The summed E-state index contributed by atoms with van der Waals surface area (Å²) in [6, 6.07) is 8.03. The van der Waals surface area contributed by atoms with Gasteiger partial charge in [-0.15, -0.1) is 0 Å². The van der Waals surface area contributed by atoms with Gasteiger partial charge in [-0.05, 0) is 42.8 Å². The molecule has 0 spiro atoms. The van der Waals surface area contributed by atoms with E-state index in [0.29, 0.717) is 6.54 Å². The number of hydrogen-bond acceptors (Lipinski definition) is 3. The molecule has 0 aliphatic heterocycles. The van der Waals surface area contributed by atoms with Crippen molar-refractivity contribution in [3.05, 3.63) is 36.3 Å². The van der Waals surface area contributed by atoms with Crippen molar-refractivity contribution in [2.24, 2.45) is 5.73 Å². The lowest BCUT2D eigenvalue weighted by Gasteiger charge is -2.04. The Bertz CT molecular complexity index is 476. The number of nitrogens with two attached hydrogens (primary N) is 1. The smallest absolute Gasteiger partial charge is 0.119 e. The molecule has 0 fully saturated rings. The van der Waals surface area contributed by atoms with E-state index in [4.69, 9.17) is 10.5 Å². The number of rotatable bonds is 6. The highest BCUT2D eigenvalue weighted by Crippen LogP contribution is 2.21. The van der Waals surface area contributed by atoms with Crippen LogP contribution in [0.4, 0.5) is 0 Å². The molecular formula is C14H19N3O. The zero-order chi connectivity index (χ0) is 12.8. The Balaban J connectivity index is 2.07. The van der Waals surface area contributed by atoms with Gasteiger partial charge in [0.2, 0.25) is 0 Å². The van der Waals surface area contributed by atoms with Crippen LogP contribution < -0.4 is 10.5 Å². The summed E-state index contributed by atoms with van der Waals surface area (Å²) in [5.74, 6) is 1.83. The fourth-order valence-corrected chi connectivity index (χ4v) is 1.72. The fraction of sp³-hybridized carbons (Fsp3) is 0.357. The molecule has 1 aromatic carbocycles. The van der Waals surface area contributed by atoms with Crippen molar-refractivity contribution in [1.82, 2.24) is 9.97 Å². The van der Waals surface area contributed by atoms with Crippen LogP contribution in [0.25, 0.3) is 11.3 Å². The monoisotopic (exact) mass is 245 g/mol. The van der Waals surface area contributed by atoms with Gasteiger partial charge < -0.3 is 15.5 Å². The normalized spacial score (nSPS) is 10.6. The SMILES string of the molecule is CCCOc1ccc(-c2cnc(CCN)[nH]2)cc1. The van der Waals surface area contributed by atoms with Gasteiger partial charge in [0.1, 0.15) is 11.6 Å². The molecule has 96 valence electrons. The lowest BCUT2D eigenvalue weighted by Crippen LogP contribution is -2.03. The van der Waals surface area contributed by atoms with E-state index in [-0.39, 0.29) is 0 Å². The first-order chi connectivity index (χ1) is 8.83. The summed E-state index contributed by atoms with van der Waals surface area (Å²) in [5.41, 5.74) is 7.62. The minimum absolute atomic E-state index is 0.608. The van der Waals surface area contributed by atoms with Crippen molar-refractivity contribution in [2.45, 2.75) is 19.8 Å². The van der Waals surface area contributed by atoms with Gasteiger partial charge in [-0.25, -0.2) is 4.98 Å². The number of nitrogens with one attached hydrogen (secondary N) is 1. The van der Waals surface area contributed by atoms with E-state index in [2.05, 4.69) is 16.9 Å². The predicted octanol–water partition coefficient (Wildman–Crippen LogP) is 2.37. The molecule has 0 atom stereocenters. The molecule has 4 nitrogen and oxygen atoms in total. The molecule has 2 aromatic rings. The van der Waals surface area contributed by atoms with Crippen LogP contribution in [-0.4, -0.2) is 23.1 Å². The molecule has 1 heterocycles. The van der Waals surface area contributed by atoms with Crippen LogP contribution in [-0.2, 0) is 6.42 Å². The molecule has 0 aliphatic rings. The fourth-order valence-electron chi connectivity index (χ4n) is 1.72. The first-order valence-electron chi connectivity index (χ1n) is 6.30. The van der Waals surface area contributed by atoms with Gasteiger partial charge in [0.15, 0.2) is 0 Å². The second-order valence-electron chi connectivity index (χ2n) is 4.16. The summed E-state index contributed by atoms with van der Waals surface area (Å²) in [7, 11) is 0. The van der Waals surface area contributed by atoms with Crippen LogP contribution in [0.2, 0.25) is 0 Å². The van der Waals surface area contributed by atoms with Gasteiger partial charge in [-0.3, -0.25) is 0 Å². The van der Waals surface area contributed by atoms with Crippen molar-refractivity contribution in [3.8, 4) is 17.0 Å². The molecule has 3 N–H and O–H groups in total. The maximum atomic E-state index is 5.55. The number of imidazole rings is 1. The van der Waals surface area contributed by atoms with Crippen molar-refractivity contribution in [2.75, 3.05) is 13.2 Å². The number of ether oxygens (including phenoxy) is 1. The lowest BCUT2D eigenvalue weighted by molar-refractivity contribution is 0.317. The summed E-state index contributed by atoms with van der Waals surface area (Å²) in [6.07, 6.45) is 3.63. The van der Waals surface area contributed by atoms with E-state index >= 15 is 0 Å². The molecular weight excluding hydrogens is 226 g/mol. The van der Waals surface area contributed by atoms with E-state index in [1.807, 2.05) is 30.5 Å². The number of H-pyrrole nitrogens is 1. The second-order valence-corrected chi connectivity index (χ2v) is 4.16. The van der Waals surface area contributed by atoms with Crippen LogP contribution in [0, 0.1) is 0 Å². The van der Waals surface area contributed by atoms with Gasteiger partial charge in [0, 0.05) is 6.42 Å². The largest absolute Gasteiger partial charge is 0.494 e. The van der Waals surface area contributed by atoms with Gasteiger partial charge in [-0.1, -0.05) is 6.92 Å². The third-order valence-electron chi connectivity index (χ3n) is 2.65. The molecule has 0 saturated carbocycles. The van der Waals surface area contributed by atoms with Crippen molar-refractivity contribution in [3.63, 3.8) is 0 Å². The molecule has 2 rings (SSSR count). The molecule has 0 radical (unpaired) electrons. The van der Waals surface area contributed by atoms with Gasteiger partial charge in [0.05, 0.1) is 18.5 Å². The Morgan fingerprint density at radius 2 is 2.06 bits per heavy atom. The van der Waals surface area contributed by atoms with E-state index in [0.717, 1.165) is 42.3 Å². The minimum atomic E-state index is 0.608. The Hall–Kier alpha value is -1.81. The number of aromatic nitrogens is 2. The maximum Gasteiger partial charge on any atom is 0.119 e. The molecule has 4 heteroatoms. The van der Waals surface area contributed by atoms with E-state index in [1.165, 1.54) is 0 Å². The zero-order valence-electron chi connectivity index (χ0n) is 10.6. The zero-order valence-corrected chi connectivity index (χ0v) is 10.6. The van der Waals surface area contributed by atoms with E-state index < -0.39 is 0 Å². The Kier molecular flexibility index (Phi) is 4.36. The summed E-state index contributed by atoms with van der Waals surface area (Å²) in [5, 5.41) is 0. The van der Waals surface area contributed by atoms with Crippen LogP contribution in [0.3, 0.4) is 0 Å². The van der Waals surface area contributed by atoms with Crippen LogP contribution in [0.15, 0.2) is 30.5 Å². The number of nitrogens with zero attached hydrogens (tertiary/aromatic N) is 1. The second kappa shape index (κ2) is 6.21. The molecule has 18 heavy (non-hydrogen) atoms. The van der Waals surface area contributed by atoms with Crippen LogP contribution in [0.1, 0.15) is 19.2 Å². The Labute approximate surface area is 107 Å². The highest BCUT2D eigenvalue weighted by atomic mass is 16.5. The number of hydrogen-bond donors (Lipinski definition) is 2. The van der Waals surface area contributed by atoms with Crippen molar-refractivity contribution >= 4 is 0 Å². The lowest BCUT2D eigenvalue weighted by atomic mass is 10.2. The summed E-state index contributed by atoms with van der Waals surface area (Å²) in [4.78, 5) is 7.55. The molecule has 0 aliphatic carbocycles. The maximum absolute atomic E-state index is 5.55.